The molecule has 0 bridgehead atoms. The summed E-state index contributed by atoms with van der Waals surface area (Å²) in [6, 6.07) is 0. The van der Waals surface area contributed by atoms with E-state index in [1.807, 2.05) is 0 Å². The van der Waals surface area contributed by atoms with Gasteiger partial charge in [-0.3, -0.25) is 0 Å². The third-order valence-electron chi connectivity index (χ3n) is 13.0. The second-order valence-corrected chi connectivity index (χ2v) is 17.2. The first-order chi connectivity index (χ1) is 23.1. The Balaban J connectivity index is 0.000000256. The first-order valence-corrected chi connectivity index (χ1v) is 22.1. The van der Waals surface area contributed by atoms with Crippen molar-refractivity contribution in [2.45, 2.75) is 240 Å². The lowest BCUT2D eigenvalue weighted by atomic mass is 9.71. The van der Waals surface area contributed by atoms with Crippen molar-refractivity contribution in [3.05, 3.63) is 0 Å². The van der Waals surface area contributed by atoms with Gasteiger partial charge in [0, 0.05) is 22.7 Å². The summed E-state index contributed by atoms with van der Waals surface area (Å²) in [5.41, 5.74) is 0.813. The second-order valence-electron chi connectivity index (χ2n) is 17.2. The first kappa shape index (κ1) is 40.5. The third kappa shape index (κ3) is 16.1. The predicted molar refractivity (Wildman–Crippen MR) is 209 cm³/mol. The zero-order valence-corrected chi connectivity index (χ0v) is 32.6. The fourth-order valence-electron chi connectivity index (χ4n) is 9.89. The SMILES string of the molecule is CCCCCCC1CCC(C#CC2(CCC)CCCCC2)CC1.CCCCCCCC1CCC(C#CC2(CCC)CCCCC2)CC1. The minimum atomic E-state index is 0.406. The molecule has 0 aromatic carbocycles. The molecule has 0 aliphatic heterocycles. The highest BCUT2D eigenvalue weighted by atomic mass is 14.3. The van der Waals surface area contributed by atoms with Gasteiger partial charge in [0.2, 0.25) is 0 Å². The Morgan fingerprint density at radius 2 is 0.766 bits per heavy atom. The molecule has 47 heavy (non-hydrogen) atoms. The second kappa shape index (κ2) is 24.3. The summed E-state index contributed by atoms with van der Waals surface area (Å²) in [6.07, 6.45) is 46.6. The van der Waals surface area contributed by atoms with Crippen LogP contribution in [-0.2, 0) is 0 Å². The summed E-state index contributed by atoms with van der Waals surface area (Å²) in [5.74, 6) is 18.7. The van der Waals surface area contributed by atoms with E-state index in [0.29, 0.717) is 10.8 Å². The Morgan fingerprint density at radius 1 is 0.404 bits per heavy atom. The van der Waals surface area contributed by atoms with Crippen molar-refractivity contribution in [2.75, 3.05) is 0 Å². The fraction of sp³-hybridized carbons (Fsp3) is 0.915. The molecular weight excluding hydrogens is 565 g/mol. The summed E-state index contributed by atoms with van der Waals surface area (Å²) in [7, 11) is 0. The molecule has 0 nitrogen and oxygen atoms in total. The largest absolute Gasteiger partial charge is 0.0993 e. The van der Waals surface area contributed by atoms with E-state index in [1.54, 1.807) is 0 Å². The van der Waals surface area contributed by atoms with E-state index in [0.717, 1.165) is 23.7 Å². The number of hydrogen-bond donors (Lipinski definition) is 0. The number of hydrogen-bond acceptors (Lipinski definition) is 0. The van der Waals surface area contributed by atoms with E-state index >= 15 is 0 Å². The molecule has 4 saturated carbocycles. The van der Waals surface area contributed by atoms with Gasteiger partial charge >= 0.3 is 0 Å². The lowest BCUT2D eigenvalue weighted by Crippen LogP contribution is -2.22. The van der Waals surface area contributed by atoms with Crippen LogP contribution < -0.4 is 0 Å². The molecule has 4 fully saturated rings. The van der Waals surface area contributed by atoms with Crippen LogP contribution in [0, 0.1) is 58.2 Å². The van der Waals surface area contributed by atoms with Gasteiger partial charge in [0.05, 0.1) is 0 Å². The summed E-state index contributed by atoms with van der Waals surface area (Å²) >= 11 is 0. The monoisotopic (exact) mass is 647 g/mol. The van der Waals surface area contributed by atoms with Crippen LogP contribution >= 0.6 is 0 Å². The molecule has 0 N–H and O–H groups in total. The lowest BCUT2D eigenvalue weighted by molar-refractivity contribution is 0.248. The normalized spacial score (nSPS) is 26.9. The molecule has 0 spiro atoms. The molecule has 0 aromatic rings. The molecule has 4 aliphatic rings. The lowest BCUT2D eigenvalue weighted by Gasteiger charge is -2.33. The molecule has 4 aliphatic carbocycles. The van der Waals surface area contributed by atoms with Gasteiger partial charge in [-0.15, -0.1) is 0 Å². The standard InChI is InChI=1S/C24H42.C23H40/c1-3-5-6-7-9-12-22-13-15-23(16-14-22)17-21-24(18-4-2)19-10-8-11-20-24;1-3-5-6-8-11-21-12-14-22(15-13-21)16-20-23(17-4-2)18-9-7-10-19-23/h22-23H,3-16,18-20H2,1-2H3;21-22H,3-15,17-19H2,1-2H3. The molecule has 0 aromatic heterocycles. The third-order valence-corrected chi connectivity index (χ3v) is 13.0. The molecule has 0 saturated heterocycles. The van der Waals surface area contributed by atoms with E-state index in [9.17, 15) is 0 Å². The maximum atomic E-state index is 3.84. The average Bonchev–Trinajstić information content (AvgIpc) is 3.11. The van der Waals surface area contributed by atoms with Gasteiger partial charge in [-0.25, -0.2) is 0 Å². The van der Waals surface area contributed by atoms with Crippen LogP contribution in [-0.4, -0.2) is 0 Å². The molecule has 0 unspecified atom stereocenters. The van der Waals surface area contributed by atoms with Crippen LogP contribution in [0.1, 0.15) is 240 Å². The number of unbranched alkanes of at least 4 members (excludes halogenated alkanes) is 7. The van der Waals surface area contributed by atoms with Crippen molar-refractivity contribution in [1.29, 1.82) is 0 Å². The van der Waals surface area contributed by atoms with Gasteiger partial charge in [0.25, 0.3) is 0 Å². The smallest absolute Gasteiger partial charge is 0.0314 e. The van der Waals surface area contributed by atoms with Crippen molar-refractivity contribution in [2.24, 2.45) is 34.5 Å². The molecule has 0 atom stereocenters. The quantitative estimate of drug-likeness (QED) is 0.123. The van der Waals surface area contributed by atoms with Gasteiger partial charge < -0.3 is 0 Å². The van der Waals surface area contributed by atoms with Crippen molar-refractivity contribution in [3.63, 3.8) is 0 Å². The molecular formula is C47H82. The van der Waals surface area contributed by atoms with Crippen molar-refractivity contribution < 1.29 is 0 Å². The molecule has 0 amide bonds. The summed E-state index contributed by atoms with van der Waals surface area (Å²) in [6.45, 7) is 9.29. The van der Waals surface area contributed by atoms with Gasteiger partial charge in [-0.05, 0) is 102 Å². The van der Waals surface area contributed by atoms with Gasteiger partial charge in [-0.2, -0.15) is 0 Å². The maximum Gasteiger partial charge on any atom is 0.0314 e. The van der Waals surface area contributed by atoms with Crippen LogP contribution in [0.2, 0.25) is 0 Å². The molecule has 270 valence electrons. The van der Waals surface area contributed by atoms with E-state index < -0.39 is 0 Å². The minimum absolute atomic E-state index is 0.406. The fourth-order valence-corrected chi connectivity index (χ4v) is 9.89. The van der Waals surface area contributed by atoms with Gasteiger partial charge in [0.15, 0.2) is 0 Å². The van der Waals surface area contributed by atoms with Crippen molar-refractivity contribution in [3.8, 4) is 23.7 Å². The highest BCUT2D eigenvalue weighted by Crippen LogP contribution is 2.42. The van der Waals surface area contributed by atoms with Crippen LogP contribution in [0.25, 0.3) is 0 Å². The van der Waals surface area contributed by atoms with Crippen LogP contribution in [0.5, 0.6) is 0 Å². The molecule has 0 heterocycles. The molecule has 4 rings (SSSR count). The Hall–Kier alpha value is -0.880. The van der Waals surface area contributed by atoms with Crippen LogP contribution in [0.15, 0.2) is 0 Å². The number of rotatable bonds is 15. The van der Waals surface area contributed by atoms with E-state index in [2.05, 4.69) is 51.4 Å². The zero-order chi connectivity index (χ0) is 33.5. The van der Waals surface area contributed by atoms with Gasteiger partial charge in [0.1, 0.15) is 0 Å². The predicted octanol–water partition coefficient (Wildman–Crippen LogP) is 15.4. The van der Waals surface area contributed by atoms with Crippen molar-refractivity contribution >= 4 is 0 Å². The summed E-state index contributed by atoms with van der Waals surface area (Å²) < 4.78 is 0. The molecule has 0 heteroatoms. The molecule has 0 radical (unpaired) electrons. The van der Waals surface area contributed by atoms with Gasteiger partial charge in [-0.1, -0.05) is 173 Å². The van der Waals surface area contributed by atoms with E-state index in [4.69, 9.17) is 0 Å². The van der Waals surface area contributed by atoms with E-state index in [1.165, 1.54) is 212 Å². The Kier molecular flexibility index (Phi) is 21.0. The van der Waals surface area contributed by atoms with Crippen LogP contribution in [0.3, 0.4) is 0 Å². The van der Waals surface area contributed by atoms with Crippen LogP contribution in [0.4, 0.5) is 0 Å². The minimum Gasteiger partial charge on any atom is -0.0993 e. The summed E-state index contributed by atoms with van der Waals surface area (Å²) in [5, 5.41) is 0. The maximum absolute atomic E-state index is 3.84. The summed E-state index contributed by atoms with van der Waals surface area (Å²) in [4.78, 5) is 0. The topological polar surface area (TPSA) is 0 Å². The highest BCUT2D eigenvalue weighted by molar-refractivity contribution is 5.16. The Morgan fingerprint density at radius 3 is 1.13 bits per heavy atom. The Bertz CT molecular complexity index is 863. The van der Waals surface area contributed by atoms with E-state index in [-0.39, 0.29) is 0 Å². The zero-order valence-electron chi connectivity index (χ0n) is 32.6. The first-order valence-electron chi connectivity index (χ1n) is 22.1. The van der Waals surface area contributed by atoms with Crippen molar-refractivity contribution in [1.82, 2.24) is 0 Å². The average molecular weight is 647 g/mol. The highest BCUT2D eigenvalue weighted by Gasteiger charge is 2.31. The Labute approximate surface area is 297 Å².